The SMILES string of the molecule is O=C(CCNC(=O)c1ccc2ccccc2c1)Nc1ccc(OCC(F)(F)F)nc1. The van der Waals surface area contributed by atoms with Crippen molar-refractivity contribution in [3.05, 3.63) is 66.4 Å². The molecule has 0 fully saturated rings. The molecule has 0 saturated carbocycles. The Bertz CT molecular complexity index is 1040. The molecule has 0 spiro atoms. The van der Waals surface area contributed by atoms with Gasteiger partial charge < -0.3 is 15.4 Å². The van der Waals surface area contributed by atoms with E-state index in [0.29, 0.717) is 11.3 Å². The molecule has 2 amide bonds. The zero-order valence-electron chi connectivity index (χ0n) is 15.7. The maximum Gasteiger partial charge on any atom is 0.422 e. The minimum atomic E-state index is -4.45. The van der Waals surface area contributed by atoms with Crippen molar-refractivity contribution in [2.24, 2.45) is 0 Å². The number of amides is 2. The highest BCUT2D eigenvalue weighted by Crippen LogP contribution is 2.18. The highest BCUT2D eigenvalue weighted by atomic mass is 19.4. The van der Waals surface area contributed by atoms with Gasteiger partial charge in [-0.2, -0.15) is 13.2 Å². The lowest BCUT2D eigenvalue weighted by atomic mass is 10.1. The first-order chi connectivity index (χ1) is 14.3. The van der Waals surface area contributed by atoms with Gasteiger partial charge >= 0.3 is 6.18 Å². The van der Waals surface area contributed by atoms with Crippen LogP contribution in [0.15, 0.2) is 60.8 Å². The third-order valence-corrected chi connectivity index (χ3v) is 4.05. The molecule has 6 nitrogen and oxygen atoms in total. The molecule has 0 aliphatic heterocycles. The number of aromatic nitrogens is 1. The van der Waals surface area contributed by atoms with E-state index in [-0.39, 0.29) is 30.7 Å². The Hall–Kier alpha value is -3.62. The van der Waals surface area contributed by atoms with Crippen LogP contribution in [-0.2, 0) is 4.79 Å². The number of alkyl halides is 3. The van der Waals surface area contributed by atoms with E-state index in [1.807, 2.05) is 30.3 Å². The molecule has 2 N–H and O–H groups in total. The summed E-state index contributed by atoms with van der Waals surface area (Å²) in [6.07, 6.45) is -3.24. The molecule has 2 aromatic carbocycles. The molecule has 30 heavy (non-hydrogen) atoms. The van der Waals surface area contributed by atoms with Gasteiger partial charge in [0.1, 0.15) is 0 Å². The molecule has 0 aliphatic rings. The summed E-state index contributed by atoms with van der Waals surface area (Å²) in [6.45, 7) is -1.32. The second-order valence-electron chi connectivity index (χ2n) is 6.40. The first-order valence-electron chi connectivity index (χ1n) is 9.03. The summed E-state index contributed by atoms with van der Waals surface area (Å²) in [5, 5.41) is 7.19. The van der Waals surface area contributed by atoms with Crippen LogP contribution in [0.4, 0.5) is 18.9 Å². The molecular formula is C21H18F3N3O3. The van der Waals surface area contributed by atoms with Crippen LogP contribution >= 0.6 is 0 Å². The fourth-order valence-electron chi connectivity index (χ4n) is 2.64. The van der Waals surface area contributed by atoms with Crippen LogP contribution in [0.1, 0.15) is 16.8 Å². The summed E-state index contributed by atoms with van der Waals surface area (Å²) in [5.74, 6) is -0.867. The van der Waals surface area contributed by atoms with Crippen LogP contribution in [0.5, 0.6) is 5.88 Å². The van der Waals surface area contributed by atoms with E-state index in [2.05, 4.69) is 20.4 Å². The number of anilines is 1. The fourth-order valence-corrected chi connectivity index (χ4v) is 2.64. The van der Waals surface area contributed by atoms with Crippen molar-refractivity contribution in [1.82, 2.24) is 10.3 Å². The topological polar surface area (TPSA) is 80.3 Å². The Labute approximate surface area is 170 Å². The van der Waals surface area contributed by atoms with E-state index < -0.39 is 12.8 Å². The normalized spacial score (nSPS) is 11.2. The molecule has 9 heteroatoms. The van der Waals surface area contributed by atoms with Crippen molar-refractivity contribution in [1.29, 1.82) is 0 Å². The lowest BCUT2D eigenvalue weighted by molar-refractivity contribution is -0.154. The van der Waals surface area contributed by atoms with E-state index in [0.717, 1.165) is 10.8 Å². The van der Waals surface area contributed by atoms with Crippen molar-refractivity contribution in [3.63, 3.8) is 0 Å². The molecule has 156 valence electrons. The summed E-state index contributed by atoms with van der Waals surface area (Å²) in [6, 6.07) is 15.6. The summed E-state index contributed by atoms with van der Waals surface area (Å²) >= 11 is 0. The predicted molar refractivity (Wildman–Crippen MR) is 105 cm³/mol. The molecule has 0 bridgehead atoms. The van der Waals surface area contributed by atoms with E-state index in [1.165, 1.54) is 18.3 Å². The monoisotopic (exact) mass is 417 g/mol. The third-order valence-electron chi connectivity index (χ3n) is 4.05. The first-order valence-corrected chi connectivity index (χ1v) is 9.03. The Morgan fingerprint density at radius 1 is 1.00 bits per heavy atom. The van der Waals surface area contributed by atoms with Gasteiger partial charge in [-0.3, -0.25) is 9.59 Å². The zero-order chi connectivity index (χ0) is 21.6. The van der Waals surface area contributed by atoms with Crippen LogP contribution in [0.3, 0.4) is 0 Å². The van der Waals surface area contributed by atoms with E-state index in [4.69, 9.17) is 0 Å². The zero-order valence-corrected chi connectivity index (χ0v) is 15.7. The van der Waals surface area contributed by atoms with Gasteiger partial charge in [0, 0.05) is 24.6 Å². The van der Waals surface area contributed by atoms with Crippen molar-refractivity contribution < 1.29 is 27.5 Å². The maximum atomic E-state index is 12.3. The number of halogens is 3. The summed E-state index contributed by atoms with van der Waals surface area (Å²) in [5.41, 5.74) is 0.799. The van der Waals surface area contributed by atoms with Gasteiger partial charge in [0.2, 0.25) is 11.8 Å². The minimum absolute atomic E-state index is 0.0195. The van der Waals surface area contributed by atoms with Gasteiger partial charge in [0.05, 0.1) is 11.9 Å². The average molecular weight is 417 g/mol. The summed E-state index contributed by atoms with van der Waals surface area (Å²) in [7, 11) is 0. The Kier molecular flexibility index (Phi) is 6.51. The number of pyridine rings is 1. The van der Waals surface area contributed by atoms with Crippen LogP contribution in [0.25, 0.3) is 10.8 Å². The molecule has 3 rings (SSSR count). The van der Waals surface area contributed by atoms with Gasteiger partial charge in [-0.15, -0.1) is 0 Å². The smallest absolute Gasteiger partial charge is 0.422 e. The van der Waals surface area contributed by atoms with E-state index >= 15 is 0 Å². The van der Waals surface area contributed by atoms with Gasteiger partial charge in [0.15, 0.2) is 6.61 Å². The number of hydrogen-bond donors (Lipinski definition) is 2. The molecule has 0 aliphatic carbocycles. The van der Waals surface area contributed by atoms with Gasteiger partial charge in [-0.05, 0) is 29.0 Å². The van der Waals surface area contributed by atoms with Crippen molar-refractivity contribution >= 4 is 28.3 Å². The molecule has 0 unspecified atom stereocenters. The average Bonchev–Trinajstić information content (AvgIpc) is 2.72. The lowest BCUT2D eigenvalue weighted by Gasteiger charge is -2.09. The number of hydrogen-bond acceptors (Lipinski definition) is 4. The second-order valence-corrected chi connectivity index (χ2v) is 6.40. The number of carbonyl (C=O) groups excluding carboxylic acids is 2. The van der Waals surface area contributed by atoms with Crippen molar-refractivity contribution in [3.8, 4) is 5.88 Å². The number of ether oxygens (including phenoxy) is 1. The number of benzene rings is 2. The van der Waals surface area contributed by atoms with Crippen LogP contribution in [0, 0.1) is 0 Å². The standard InChI is InChI=1S/C21H18F3N3O3/c22-21(23,24)13-30-19-8-7-17(12-26-19)27-18(28)9-10-25-20(29)16-6-5-14-3-1-2-4-15(14)11-16/h1-8,11-12H,9-10,13H2,(H,25,29)(H,27,28). The Balaban J connectivity index is 1.44. The Morgan fingerprint density at radius 3 is 2.47 bits per heavy atom. The van der Waals surface area contributed by atoms with E-state index in [9.17, 15) is 22.8 Å². The molecule has 1 aromatic heterocycles. The maximum absolute atomic E-state index is 12.3. The quantitative estimate of drug-likeness (QED) is 0.610. The fraction of sp³-hybridized carbons (Fsp3) is 0.190. The van der Waals surface area contributed by atoms with Crippen LogP contribution in [-0.4, -0.2) is 36.1 Å². The molecule has 3 aromatic rings. The van der Waals surface area contributed by atoms with Gasteiger partial charge in [0.25, 0.3) is 5.91 Å². The summed E-state index contributed by atoms with van der Waals surface area (Å²) in [4.78, 5) is 27.9. The minimum Gasteiger partial charge on any atom is -0.468 e. The molecule has 0 saturated heterocycles. The second kappa shape index (κ2) is 9.25. The largest absolute Gasteiger partial charge is 0.468 e. The highest BCUT2D eigenvalue weighted by Gasteiger charge is 2.28. The Morgan fingerprint density at radius 2 is 1.77 bits per heavy atom. The number of nitrogens with one attached hydrogen (secondary N) is 2. The number of rotatable bonds is 7. The van der Waals surface area contributed by atoms with Crippen molar-refractivity contribution in [2.45, 2.75) is 12.6 Å². The lowest BCUT2D eigenvalue weighted by Crippen LogP contribution is -2.27. The molecular weight excluding hydrogens is 399 g/mol. The third kappa shape index (κ3) is 6.20. The van der Waals surface area contributed by atoms with Crippen LogP contribution in [0.2, 0.25) is 0 Å². The number of nitrogens with zero attached hydrogens (tertiary/aromatic N) is 1. The highest BCUT2D eigenvalue weighted by molar-refractivity contribution is 5.99. The van der Waals surface area contributed by atoms with Crippen molar-refractivity contribution in [2.75, 3.05) is 18.5 Å². The number of fused-ring (bicyclic) bond motifs is 1. The van der Waals surface area contributed by atoms with Gasteiger partial charge in [-0.1, -0.05) is 30.3 Å². The molecule has 0 radical (unpaired) electrons. The van der Waals surface area contributed by atoms with Gasteiger partial charge in [-0.25, -0.2) is 4.98 Å². The van der Waals surface area contributed by atoms with Crippen LogP contribution < -0.4 is 15.4 Å². The molecule has 1 heterocycles. The summed E-state index contributed by atoms with van der Waals surface area (Å²) < 4.78 is 40.8. The number of carbonyl (C=O) groups is 2. The predicted octanol–water partition coefficient (Wildman–Crippen LogP) is 3.93. The van der Waals surface area contributed by atoms with E-state index in [1.54, 1.807) is 12.1 Å². The first kappa shape index (κ1) is 21.1. The molecule has 0 atom stereocenters.